The molecule has 1 aliphatic heterocycles. The predicted molar refractivity (Wildman–Crippen MR) is 75.0 cm³/mol. The summed E-state index contributed by atoms with van der Waals surface area (Å²) in [6.45, 7) is 1.61. The van der Waals surface area contributed by atoms with Crippen molar-refractivity contribution >= 4 is 11.8 Å². The van der Waals surface area contributed by atoms with Crippen LogP contribution in [0, 0.1) is 12.3 Å². The van der Waals surface area contributed by atoms with Crippen molar-refractivity contribution in [1.82, 2.24) is 19.9 Å². The molecule has 1 aromatic heterocycles. The van der Waals surface area contributed by atoms with Crippen LogP contribution in [0.4, 0.5) is 0 Å². The Hall–Kier alpha value is -1.92. The van der Waals surface area contributed by atoms with Crippen LogP contribution in [-0.2, 0) is 4.79 Å². The fourth-order valence-corrected chi connectivity index (χ4v) is 3.05. The highest BCUT2D eigenvalue weighted by Crippen LogP contribution is 2.30. The van der Waals surface area contributed by atoms with Crippen LogP contribution in [0.5, 0.6) is 0 Å². The van der Waals surface area contributed by atoms with E-state index in [0.29, 0.717) is 12.1 Å². The fourth-order valence-electron chi connectivity index (χ4n) is 3.05. The summed E-state index contributed by atoms with van der Waals surface area (Å²) in [5, 5.41) is 8.07. The van der Waals surface area contributed by atoms with Crippen molar-refractivity contribution < 1.29 is 9.59 Å². The quantitative estimate of drug-likeness (QED) is 0.879. The van der Waals surface area contributed by atoms with E-state index >= 15 is 0 Å². The van der Waals surface area contributed by atoms with Crippen LogP contribution >= 0.6 is 0 Å². The number of likely N-dealkylation sites (tertiary alicyclic amines) is 1. The SMILES string of the molecule is NC(=O)C1C[CH]C(n2cc(C(=O)N3CCCC3)nn2)CC1. The van der Waals surface area contributed by atoms with Crippen LogP contribution < -0.4 is 5.73 Å². The van der Waals surface area contributed by atoms with Gasteiger partial charge in [-0.05, 0) is 38.5 Å². The average Bonchev–Trinajstić information content (AvgIpc) is 3.18. The summed E-state index contributed by atoms with van der Waals surface area (Å²) >= 11 is 0. The second-order valence-corrected chi connectivity index (χ2v) is 5.80. The van der Waals surface area contributed by atoms with Gasteiger partial charge < -0.3 is 10.6 Å². The highest BCUT2D eigenvalue weighted by atomic mass is 16.2. The molecule has 21 heavy (non-hydrogen) atoms. The lowest BCUT2D eigenvalue weighted by molar-refractivity contribution is -0.122. The van der Waals surface area contributed by atoms with Crippen molar-refractivity contribution in [2.24, 2.45) is 11.7 Å². The molecule has 0 spiro atoms. The van der Waals surface area contributed by atoms with Crippen LogP contribution in [0.1, 0.15) is 48.6 Å². The lowest BCUT2D eigenvalue weighted by Gasteiger charge is -2.25. The van der Waals surface area contributed by atoms with Crippen molar-refractivity contribution in [3.63, 3.8) is 0 Å². The van der Waals surface area contributed by atoms with Crippen molar-refractivity contribution in [1.29, 1.82) is 0 Å². The third kappa shape index (κ3) is 2.91. The first-order valence-corrected chi connectivity index (χ1v) is 7.49. The van der Waals surface area contributed by atoms with Gasteiger partial charge in [0.1, 0.15) is 0 Å². The van der Waals surface area contributed by atoms with Gasteiger partial charge >= 0.3 is 0 Å². The van der Waals surface area contributed by atoms with Gasteiger partial charge in [0.2, 0.25) is 5.91 Å². The molecule has 2 heterocycles. The van der Waals surface area contributed by atoms with E-state index in [1.807, 2.05) is 11.3 Å². The molecule has 7 nitrogen and oxygen atoms in total. The number of amides is 2. The molecule has 2 aliphatic rings. The third-order valence-electron chi connectivity index (χ3n) is 4.37. The van der Waals surface area contributed by atoms with Crippen molar-refractivity contribution in [3.05, 3.63) is 18.3 Å². The molecule has 1 aromatic rings. The molecule has 3 rings (SSSR count). The normalized spacial score (nSPS) is 26.0. The van der Waals surface area contributed by atoms with Crippen LogP contribution in [-0.4, -0.2) is 44.8 Å². The van der Waals surface area contributed by atoms with Crippen LogP contribution in [0.2, 0.25) is 0 Å². The highest BCUT2D eigenvalue weighted by molar-refractivity contribution is 5.92. The Bertz CT molecular complexity index is 527. The molecular weight excluding hydrogens is 270 g/mol. The Morgan fingerprint density at radius 3 is 2.62 bits per heavy atom. The van der Waals surface area contributed by atoms with E-state index in [2.05, 4.69) is 10.3 Å². The summed E-state index contributed by atoms with van der Waals surface area (Å²) in [5.41, 5.74) is 5.73. The number of nitrogens with zero attached hydrogens (tertiary/aromatic N) is 4. The summed E-state index contributed by atoms with van der Waals surface area (Å²) in [5.74, 6) is -0.353. The van der Waals surface area contributed by atoms with E-state index < -0.39 is 0 Å². The molecule has 1 radical (unpaired) electrons. The number of hydrogen-bond acceptors (Lipinski definition) is 4. The standard InChI is InChI=1S/C14H20N5O2/c15-13(20)10-3-5-11(6-4-10)19-9-12(16-17-19)14(21)18-7-1-2-8-18/h5,9-11H,1-4,6-8H2,(H2,15,20). The maximum Gasteiger partial charge on any atom is 0.276 e. The van der Waals surface area contributed by atoms with Gasteiger partial charge in [-0.1, -0.05) is 5.21 Å². The zero-order valence-corrected chi connectivity index (χ0v) is 11.9. The molecule has 2 N–H and O–H groups in total. The topological polar surface area (TPSA) is 94.1 Å². The fraction of sp³-hybridized carbons (Fsp3) is 0.643. The van der Waals surface area contributed by atoms with E-state index in [-0.39, 0.29) is 23.8 Å². The third-order valence-corrected chi connectivity index (χ3v) is 4.37. The Morgan fingerprint density at radius 2 is 2.00 bits per heavy atom. The minimum atomic E-state index is -0.242. The van der Waals surface area contributed by atoms with Gasteiger partial charge in [-0.25, -0.2) is 4.68 Å². The molecule has 1 saturated carbocycles. The zero-order chi connectivity index (χ0) is 14.8. The molecular formula is C14H20N5O2. The molecule has 1 saturated heterocycles. The second kappa shape index (κ2) is 5.83. The van der Waals surface area contributed by atoms with Gasteiger partial charge in [-0.3, -0.25) is 9.59 Å². The predicted octanol–water partition coefficient (Wildman–Crippen LogP) is 0.545. The smallest absolute Gasteiger partial charge is 0.276 e. The molecule has 0 aromatic carbocycles. The van der Waals surface area contributed by atoms with E-state index in [1.54, 1.807) is 10.9 Å². The van der Waals surface area contributed by atoms with Gasteiger partial charge in [0, 0.05) is 19.0 Å². The highest BCUT2D eigenvalue weighted by Gasteiger charge is 2.28. The molecule has 7 heteroatoms. The second-order valence-electron chi connectivity index (χ2n) is 5.80. The number of hydrogen-bond donors (Lipinski definition) is 1. The summed E-state index contributed by atoms with van der Waals surface area (Å²) in [4.78, 5) is 25.2. The van der Waals surface area contributed by atoms with E-state index in [0.717, 1.165) is 38.8 Å². The molecule has 2 atom stereocenters. The van der Waals surface area contributed by atoms with Gasteiger partial charge in [-0.15, -0.1) is 5.10 Å². The first-order valence-electron chi connectivity index (χ1n) is 7.49. The van der Waals surface area contributed by atoms with Gasteiger partial charge in [0.05, 0.1) is 12.2 Å². The lowest BCUT2D eigenvalue weighted by atomic mass is 9.86. The molecule has 2 amide bonds. The van der Waals surface area contributed by atoms with Crippen LogP contribution in [0.3, 0.4) is 0 Å². The summed E-state index contributed by atoms with van der Waals surface area (Å²) < 4.78 is 1.72. The number of primary amides is 1. The molecule has 2 unspecified atom stereocenters. The largest absolute Gasteiger partial charge is 0.369 e. The van der Waals surface area contributed by atoms with Crippen LogP contribution in [0.25, 0.3) is 0 Å². The van der Waals surface area contributed by atoms with Gasteiger partial charge in [0.15, 0.2) is 5.69 Å². The van der Waals surface area contributed by atoms with Crippen molar-refractivity contribution in [2.75, 3.05) is 13.1 Å². The van der Waals surface area contributed by atoms with Crippen molar-refractivity contribution in [2.45, 2.75) is 38.1 Å². The van der Waals surface area contributed by atoms with Gasteiger partial charge in [-0.2, -0.15) is 0 Å². The molecule has 113 valence electrons. The first kappa shape index (κ1) is 14.0. The Balaban J connectivity index is 1.63. The average molecular weight is 290 g/mol. The van der Waals surface area contributed by atoms with Crippen LogP contribution in [0.15, 0.2) is 6.20 Å². The maximum atomic E-state index is 12.2. The zero-order valence-electron chi connectivity index (χ0n) is 11.9. The molecule has 0 bridgehead atoms. The molecule has 1 aliphatic carbocycles. The van der Waals surface area contributed by atoms with Crippen molar-refractivity contribution in [3.8, 4) is 0 Å². The van der Waals surface area contributed by atoms with E-state index in [1.165, 1.54) is 0 Å². The Labute approximate surface area is 123 Å². The van der Waals surface area contributed by atoms with Gasteiger partial charge in [0.25, 0.3) is 5.91 Å². The number of carbonyl (C=O) groups is 2. The van der Waals surface area contributed by atoms with E-state index in [4.69, 9.17) is 5.73 Å². The summed E-state index contributed by atoms with van der Waals surface area (Å²) in [7, 11) is 0. The number of carbonyl (C=O) groups excluding carboxylic acids is 2. The number of rotatable bonds is 3. The Morgan fingerprint density at radius 1 is 1.24 bits per heavy atom. The monoisotopic (exact) mass is 290 g/mol. The first-order chi connectivity index (χ1) is 10.1. The summed E-state index contributed by atoms with van der Waals surface area (Å²) in [6.07, 6.45) is 8.09. The maximum absolute atomic E-state index is 12.2. The number of nitrogens with two attached hydrogens (primary N) is 1. The minimum absolute atomic E-state index is 0.0374. The minimum Gasteiger partial charge on any atom is -0.369 e. The lowest BCUT2D eigenvalue weighted by Crippen LogP contribution is -2.29. The van der Waals surface area contributed by atoms with E-state index in [9.17, 15) is 9.59 Å². The molecule has 2 fully saturated rings. The Kier molecular flexibility index (Phi) is 3.90. The number of aromatic nitrogens is 3. The summed E-state index contributed by atoms with van der Waals surface area (Å²) in [6, 6.07) is 0.0910.